The Morgan fingerprint density at radius 1 is 1.07 bits per heavy atom. The van der Waals surface area contributed by atoms with E-state index in [0.29, 0.717) is 43.1 Å². The third-order valence-corrected chi connectivity index (χ3v) is 7.33. The van der Waals surface area contributed by atoms with Crippen molar-refractivity contribution in [2.75, 3.05) is 20.1 Å². The van der Waals surface area contributed by atoms with Crippen LogP contribution in [0, 0.1) is 5.92 Å². The van der Waals surface area contributed by atoms with Crippen LogP contribution < -0.4 is 0 Å². The molecule has 0 aromatic heterocycles. The van der Waals surface area contributed by atoms with Gasteiger partial charge in [-0.1, -0.05) is 60.1 Å². The van der Waals surface area contributed by atoms with Crippen molar-refractivity contribution < 1.29 is 13.2 Å². The van der Waals surface area contributed by atoms with Gasteiger partial charge in [0.2, 0.25) is 15.9 Å². The minimum Gasteiger partial charge on any atom is -0.341 e. The highest BCUT2D eigenvalue weighted by molar-refractivity contribution is 7.88. The van der Waals surface area contributed by atoms with Crippen molar-refractivity contribution in [3.05, 3.63) is 70.7 Å². The summed E-state index contributed by atoms with van der Waals surface area (Å²) in [6.07, 6.45) is 1.08. The summed E-state index contributed by atoms with van der Waals surface area (Å²) in [5.41, 5.74) is 1.68. The van der Waals surface area contributed by atoms with E-state index in [4.69, 9.17) is 11.6 Å². The lowest BCUT2D eigenvalue weighted by atomic mass is 9.96. The maximum atomic E-state index is 12.7. The lowest BCUT2D eigenvalue weighted by Gasteiger charge is -2.32. The van der Waals surface area contributed by atoms with Gasteiger partial charge >= 0.3 is 0 Å². The van der Waals surface area contributed by atoms with E-state index < -0.39 is 10.0 Å². The van der Waals surface area contributed by atoms with Gasteiger partial charge in [0, 0.05) is 37.6 Å². The fourth-order valence-electron chi connectivity index (χ4n) is 3.53. The molecule has 1 fully saturated rings. The number of nitrogens with zero attached hydrogens (tertiary/aromatic N) is 2. The molecule has 28 heavy (non-hydrogen) atoms. The highest BCUT2D eigenvalue weighted by Crippen LogP contribution is 2.25. The SMILES string of the molecule is CN(Cc1ccccc1)C(=O)C1CCN(S(=O)(=O)Cc2ccccc2Cl)CC1. The molecule has 5 nitrogen and oxygen atoms in total. The molecule has 0 spiro atoms. The molecule has 0 saturated carbocycles. The summed E-state index contributed by atoms with van der Waals surface area (Å²) in [7, 11) is -1.65. The van der Waals surface area contributed by atoms with Gasteiger partial charge in [0.1, 0.15) is 0 Å². The molecule has 1 aliphatic heterocycles. The number of rotatable bonds is 6. The minimum atomic E-state index is -3.45. The van der Waals surface area contributed by atoms with Gasteiger partial charge in [-0.3, -0.25) is 4.79 Å². The lowest BCUT2D eigenvalue weighted by Crippen LogP contribution is -2.43. The zero-order valence-corrected chi connectivity index (χ0v) is 17.5. The van der Waals surface area contributed by atoms with E-state index in [2.05, 4.69) is 0 Å². The number of halogens is 1. The molecule has 2 aromatic rings. The molecule has 0 radical (unpaired) electrons. The van der Waals surface area contributed by atoms with Gasteiger partial charge in [-0.05, 0) is 30.0 Å². The second-order valence-electron chi connectivity index (χ2n) is 7.20. The topological polar surface area (TPSA) is 57.7 Å². The summed E-state index contributed by atoms with van der Waals surface area (Å²) < 4.78 is 26.9. The van der Waals surface area contributed by atoms with Gasteiger partial charge in [0.25, 0.3) is 0 Å². The Morgan fingerprint density at radius 3 is 2.32 bits per heavy atom. The fourth-order valence-corrected chi connectivity index (χ4v) is 5.41. The van der Waals surface area contributed by atoms with Crippen LogP contribution in [0.2, 0.25) is 5.02 Å². The third-order valence-electron chi connectivity index (χ3n) is 5.13. The molecule has 2 aromatic carbocycles. The molecule has 0 atom stereocenters. The molecular formula is C21H25ClN2O3S. The lowest BCUT2D eigenvalue weighted by molar-refractivity contribution is -0.135. The molecular weight excluding hydrogens is 396 g/mol. The normalized spacial score (nSPS) is 16.1. The Morgan fingerprint density at radius 2 is 1.68 bits per heavy atom. The largest absolute Gasteiger partial charge is 0.341 e. The van der Waals surface area contributed by atoms with E-state index in [1.54, 1.807) is 36.2 Å². The summed E-state index contributed by atoms with van der Waals surface area (Å²) in [6, 6.07) is 16.8. The monoisotopic (exact) mass is 420 g/mol. The Balaban J connectivity index is 1.56. The molecule has 0 unspecified atom stereocenters. The van der Waals surface area contributed by atoms with Crippen LogP contribution in [0.5, 0.6) is 0 Å². The zero-order chi connectivity index (χ0) is 20.1. The van der Waals surface area contributed by atoms with Crippen molar-refractivity contribution in [1.82, 2.24) is 9.21 Å². The van der Waals surface area contributed by atoms with Crippen LogP contribution in [0.15, 0.2) is 54.6 Å². The van der Waals surface area contributed by atoms with E-state index in [0.717, 1.165) is 5.56 Å². The Kier molecular flexibility index (Phi) is 6.75. The maximum Gasteiger partial charge on any atom is 0.225 e. The second-order valence-corrected chi connectivity index (χ2v) is 9.58. The molecule has 7 heteroatoms. The van der Waals surface area contributed by atoms with Crippen LogP contribution >= 0.6 is 11.6 Å². The van der Waals surface area contributed by atoms with E-state index in [1.165, 1.54) is 4.31 Å². The van der Waals surface area contributed by atoms with Crippen LogP contribution in [-0.2, 0) is 27.1 Å². The Hall–Kier alpha value is -1.89. The van der Waals surface area contributed by atoms with Crippen LogP contribution in [0.4, 0.5) is 0 Å². The molecule has 0 aliphatic carbocycles. The average molecular weight is 421 g/mol. The summed E-state index contributed by atoms with van der Waals surface area (Å²) in [5, 5.41) is 0.457. The number of sulfonamides is 1. The van der Waals surface area contributed by atoms with Crippen molar-refractivity contribution in [3.8, 4) is 0 Å². The van der Waals surface area contributed by atoms with Crippen molar-refractivity contribution in [3.63, 3.8) is 0 Å². The van der Waals surface area contributed by atoms with E-state index in [1.807, 2.05) is 30.3 Å². The number of benzene rings is 2. The number of amides is 1. The molecule has 0 N–H and O–H groups in total. The van der Waals surface area contributed by atoms with Gasteiger partial charge in [0.15, 0.2) is 0 Å². The fraction of sp³-hybridized carbons (Fsp3) is 0.381. The van der Waals surface area contributed by atoms with Crippen LogP contribution in [0.25, 0.3) is 0 Å². The molecule has 1 aliphatic rings. The summed E-state index contributed by atoms with van der Waals surface area (Å²) >= 11 is 6.10. The first-order chi connectivity index (χ1) is 13.4. The molecule has 1 amide bonds. The van der Waals surface area contributed by atoms with Crippen molar-refractivity contribution in [2.24, 2.45) is 5.92 Å². The van der Waals surface area contributed by atoms with Gasteiger partial charge in [-0.2, -0.15) is 0 Å². The minimum absolute atomic E-state index is 0.0759. The van der Waals surface area contributed by atoms with Crippen LogP contribution in [0.1, 0.15) is 24.0 Å². The predicted octanol–water partition coefficient (Wildman–Crippen LogP) is 3.54. The van der Waals surface area contributed by atoms with Crippen molar-refractivity contribution in [2.45, 2.75) is 25.1 Å². The van der Waals surface area contributed by atoms with Crippen molar-refractivity contribution >= 4 is 27.5 Å². The quantitative estimate of drug-likeness (QED) is 0.718. The smallest absolute Gasteiger partial charge is 0.225 e. The summed E-state index contributed by atoms with van der Waals surface area (Å²) in [4.78, 5) is 14.5. The first-order valence-electron chi connectivity index (χ1n) is 9.37. The van der Waals surface area contributed by atoms with E-state index in [9.17, 15) is 13.2 Å². The number of piperidine rings is 1. The van der Waals surface area contributed by atoms with E-state index in [-0.39, 0.29) is 17.6 Å². The van der Waals surface area contributed by atoms with E-state index >= 15 is 0 Å². The van der Waals surface area contributed by atoms with Gasteiger partial charge < -0.3 is 4.90 Å². The first-order valence-corrected chi connectivity index (χ1v) is 11.4. The van der Waals surface area contributed by atoms with Gasteiger partial charge in [-0.15, -0.1) is 0 Å². The standard InChI is InChI=1S/C21H25ClN2O3S/c1-23(15-17-7-3-2-4-8-17)21(25)18-11-13-24(14-12-18)28(26,27)16-19-9-5-6-10-20(19)22/h2-10,18H,11-16H2,1H3. The van der Waals surface area contributed by atoms with Crippen LogP contribution in [-0.4, -0.2) is 43.7 Å². The molecule has 0 bridgehead atoms. The molecule has 1 saturated heterocycles. The number of hydrogen-bond donors (Lipinski definition) is 0. The van der Waals surface area contributed by atoms with Crippen molar-refractivity contribution in [1.29, 1.82) is 0 Å². The predicted molar refractivity (Wildman–Crippen MR) is 111 cm³/mol. The van der Waals surface area contributed by atoms with Gasteiger partial charge in [0.05, 0.1) is 5.75 Å². The molecule has 1 heterocycles. The summed E-state index contributed by atoms with van der Waals surface area (Å²) in [5.74, 6) is -0.174. The summed E-state index contributed by atoms with van der Waals surface area (Å²) in [6.45, 7) is 1.29. The first kappa shape index (κ1) is 20.8. The number of hydrogen-bond acceptors (Lipinski definition) is 3. The molecule has 150 valence electrons. The van der Waals surface area contributed by atoms with Gasteiger partial charge in [-0.25, -0.2) is 12.7 Å². The number of carbonyl (C=O) groups excluding carboxylic acids is 1. The van der Waals surface area contributed by atoms with Crippen LogP contribution in [0.3, 0.4) is 0 Å². The molecule has 3 rings (SSSR count). The highest BCUT2D eigenvalue weighted by Gasteiger charge is 2.32. The maximum absolute atomic E-state index is 12.7. The Labute approximate surface area is 172 Å². The Bertz CT molecular complexity index is 910. The highest BCUT2D eigenvalue weighted by atomic mass is 35.5. The number of carbonyl (C=O) groups is 1. The average Bonchev–Trinajstić information content (AvgIpc) is 2.70. The zero-order valence-electron chi connectivity index (χ0n) is 15.9. The second kappa shape index (κ2) is 9.07. The third kappa shape index (κ3) is 5.13.